The highest BCUT2D eigenvalue weighted by Gasteiger charge is 2.13. The minimum atomic E-state index is -0.592. The van der Waals surface area contributed by atoms with Crippen molar-refractivity contribution in [1.29, 1.82) is 0 Å². The molecule has 2 N–H and O–H groups in total. The van der Waals surface area contributed by atoms with E-state index in [0.717, 1.165) is 6.08 Å². The lowest BCUT2D eigenvalue weighted by atomic mass is 10.2. The molecule has 0 spiro atoms. The molecule has 0 aliphatic carbocycles. The van der Waals surface area contributed by atoms with Gasteiger partial charge in [0.05, 0.1) is 0 Å². The van der Waals surface area contributed by atoms with Crippen molar-refractivity contribution in [1.82, 2.24) is 5.32 Å². The summed E-state index contributed by atoms with van der Waals surface area (Å²) in [5.74, 6) is -0.628. The van der Waals surface area contributed by atoms with Gasteiger partial charge in [-0.1, -0.05) is 24.8 Å². The van der Waals surface area contributed by atoms with E-state index in [1.807, 2.05) is 18.2 Å². The van der Waals surface area contributed by atoms with Crippen LogP contribution in [0.4, 0.5) is 5.69 Å². The quantitative estimate of drug-likeness (QED) is 0.749. The Bertz CT molecular complexity index is 387. The molecule has 2 amide bonds. The number of anilines is 1. The lowest BCUT2D eigenvalue weighted by Gasteiger charge is -2.12. The molecule has 1 rings (SSSR count). The topological polar surface area (TPSA) is 58.2 Å². The lowest BCUT2D eigenvalue weighted by Crippen LogP contribution is -2.40. The van der Waals surface area contributed by atoms with Crippen LogP contribution in [-0.4, -0.2) is 17.9 Å². The number of hydrogen-bond donors (Lipinski definition) is 2. The molecule has 0 heterocycles. The van der Waals surface area contributed by atoms with Crippen LogP contribution in [-0.2, 0) is 9.59 Å². The van der Waals surface area contributed by atoms with Crippen LogP contribution in [0.1, 0.15) is 6.92 Å². The first-order valence-corrected chi connectivity index (χ1v) is 4.92. The summed E-state index contributed by atoms with van der Waals surface area (Å²) in [6.45, 7) is 4.92. The number of hydrogen-bond acceptors (Lipinski definition) is 2. The van der Waals surface area contributed by atoms with Crippen molar-refractivity contribution in [3.8, 4) is 0 Å². The summed E-state index contributed by atoms with van der Waals surface area (Å²) in [5, 5.41) is 5.16. The van der Waals surface area contributed by atoms with Gasteiger partial charge in [0.25, 0.3) is 0 Å². The van der Waals surface area contributed by atoms with E-state index in [9.17, 15) is 9.59 Å². The molecule has 0 bridgehead atoms. The molecule has 0 aliphatic rings. The maximum absolute atomic E-state index is 11.6. The van der Waals surface area contributed by atoms with Gasteiger partial charge in [-0.05, 0) is 25.1 Å². The zero-order chi connectivity index (χ0) is 12.0. The van der Waals surface area contributed by atoms with E-state index in [-0.39, 0.29) is 11.8 Å². The first-order valence-electron chi connectivity index (χ1n) is 4.92. The van der Waals surface area contributed by atoms with Crippen LogP contribution in [0.5, 0.6) is 0 Å². The van der Waals surface area contributed by atoms with E-state index >= 15 is 0 Å². The molecule has 16 heavy (non-hydrogen) atoms. The average Bonchev–Trinajstić information content (AvgIpc) is 2.30. The molecule has 4 nitrogen and oxygen atoms in total. The number of para-hydroxylation sites is 1. The van der Waals surface area contributed by atoms with Crippen molar-refractivity contribution >= 4 is 17.5 Å². The largest absolute Gasteiger partial charge is 0.341 e. The number of carbonyl (C=O) groups is 2. The zero-order valence-corrected chi connectivity index (χ0v) is 9.07. The third kappa shape index (κ3) is 3.57. The lowest BCUT2D eigenvalue weighted by molar-refractivity contribution is -0.123. The Kier molecular flexibility index (Phi) is 4.27. The first kappa shape index (κ1) is 12.0. The van der Waals surface area contributed by atoms with Crippen molar-refractivity contribution in [3.63, 3.8) is 0 Å². The predicted octanol–water partition coefficient (Wildman–Crippen LogP) is 1.32. The fourth-order valence-electron chi connectivity index (χ4n) is 1.11. The Morgan fingerprint density at radius 2 is 1.94 bits per heavy atom. The van der Waals surface area contributed by atoms with Crippen LogP contribution in [0.25, 0.3) is 0 Å². The fraction of sp³-hybridized carbons (Fsp3) is 0.167. The van der Waals surface area contributed by atoms with Gasteiger partial charge in [-0.25, -0.2) is 0 Å². The van der Waals surface area contributed by atoms with E-state index < -0.39 is 6.04 Å². The predicted molar refractivity (Wildman–Crippen MR) is 62.9 cm³/mol. The normalized spacial score (nSPS) is 11.3. The van der Waals surface area contributed by atoms with Crippen LogP contribution < -0.4 is 10.6 Å². The zero-order valence-electron chi connectivity index (χ0n) is 9.07. The van der Waals surface area contributed by atoms with Crippen LogP contribution >= 0.6 is 0 Å². The monoisotopic (exact) mass is 218 g/mol. The molecule has 0 unspecified atom stereocenters. The second kappa shape index (κ2) is 5.70. The molecule has 0 saturated carbocycles. The summed E-state index contributed by atoms with van der Waals surface area (Å²) < 4.78 is 0. The van der Waals surface area contributed by atoms with Crippen molar-refractivity contribution < 1.29 is 9.59 Å². The summed E-state index contributed by atoms with van der Waals surface area (Å²) in [4.78, 5) is 22.6. The molecule has 1 atom stereocenters. The minimum absolute atomic E-state index is 0.263. The molecule has 0 aromatic heterocycles. The molecule has 0 fully saturated rings. The van der Waals surface area contributed by atoms with Crippen LogP contribution in [0.15, 0.2) is 43.0 Å². The van der Waals surface area contributed by atoms with E-state index in [2.05, 4.69) is 17.2 Å². The average molecular weight is 218 g/mol. The van der Waals surface area contributed by atoms with Crippen LogP contribution in [0.2, 0.25) is 0 Å². The highest BCUT2D eigenvalue weighted by molar-refractivity contribution is 5.98. The van der Waals surface area contributed by atoms with Crippen molar-refractivity contribution in [3.05, 3.63) is 43.0 Å². The Morgan fingerprint density at radius 3 is 2.50 bits per heavy atom. The third-order valence-electron chi connectivity index (χ3n) is 1.98. The minimum Gasteiger partial charge on any atom is -0.341 e. The second-order valence-corrected chi connectivity index (χ2v) is 3.29. The maximum Gasteiger partial charge on any atom is 0.246 e. The molecule has 0 aliphatic heterocycles. The number of rotatable bonds is 4. The highest BCUT2D eigenvalue weighted by atomic mass is 16.2. The van der Waals surface area contributed by atoms with Gasteiger partial charge in [0, 0.05) is 5.69 Å². The molecule has 1 aromatic rings. The van der Waals surface area contributed by atoms with Crippen molar-refractivity contribution in [2.75, 3.05) is 5.32 Å². The standard InChI is InChI=1S/C12H14N2O2/c1-3-11(15)13-9(2)12(16)14-10-7-5-4-6-8-10/h3-9H,1H2,2H3,(H,13,15)(H,14,16)/t9-/m1/s1. The van der Waals surface area contributed by atoms with E-state index in [0.29, 0.717) is 5.69 Å². The first-order chi connectivity index (χ1) is 7.63. The van der Waals surface area contributed by atoms with E-state index in [1.165, 1.54) is 0 Å². The van der Waals surface area contributed by atoms with Crippen LogP contribution in [0.3, 0.4) is 0 Å². The Labute approximate surface area is 94.4 Å². The second-order valence-electron chi connectivity index (χ2n) is 3.29. The fourth-order valence-corrected chi connectivity index (χ4v) is 1.11. The van der Waals surface area contributed by atoms with Crippen LogP contribution in [0, 0.1) is 0 Å². The van der Waals surface area contributed by atoms with E-state index in [1.54, 1.807) is 19.1 Å². The smallest absolute Gasteiger partial charge is 0.246 e. The number of carbonyl (C=O) groups excluding carboxylic acids is 2. The molecule has 84 valence electrons. The molecular weight excluding hydrogens is 204 g/mol. The van der Waals surface area contributed by atoms with Gasteiger partial charge in [0.1, 0.15) is 6.04 Å². The summed E-state index contributed by atoms with van der Waals surface area (Å²) in [7, 11) is 0. The molecule has 4 heteroatoms. The van der Waals surface area contributed by atoms with Gasteiger partial charge in [-0.3, -0.25) is 9.59 Å². The molecular formula is C12H14N2O2. The summed E-state index contributed by atoms with van der Waals surface area (Å²) in [5.41, 5.74) is 0.701. The summed E-state index contributed by atoms with van der Waals surface area (Å²) in [6.07, 6.45) is 1.13. The van der Waals surface area contributed by atoms with Gasteiger partial charge in [-0.15, -0.1) is 0 Å². The number of amides is 2. The highest BCUT2D eigenvalue weighted by Crippen LogP contribution is 2.05. The number of nitrogens with one attached hydrogen (secondary N) is 2. The molecule has 0 saturated heterocycles. The Morgan fingerprint density at radius 1 is 1.31 bits per heavy atom. The van der Waals surface area contributed by atoms with Crippen molar-refractivity contribution in [2.24, 2.45) is 0 Å². The molecule has 0 radical (unpaired) electrons. The van der Waals surface area contributed by atoms with Gasteiger partial charge in [-0.2, -0.15) is 0 Å². The Balaban J connectivity index is 2.52. The SMILES string of the molecule is C=CC(=O)N[C@H](C)C(=O)Nc1ccccc1. The van der Waals surface area contributed by atoms with Gasteiger partial charge < -0.3 is 10.6 Å². The Hall–Kier alpha value is -2.10. The summed E-state index contributed by atoms with van der Waals surface area (Å²) in [6, 6.07) is 8.47. The number of benzene rings is 1. The summed E-state index contributed by atoms with van der Waals surface area (Å²) >= 11 is 0. The van der Waals surface area contributed by atoms with Gasteiger partial charge in [0.2, 0.25) is 11.8 Å². The third-order valence-corrected chi connectivity index (χ3v) is 1.98. The van der Waals surface area contributed by atoms with Gasteiger partial charge >= 0.3 is 0 Å². The molecule has 1 aromatic carbocycles. The van der Waals surface area contributed by atoms with Crippen molar-refractivity contribution in [2.45, 2.75) is 13.0 Å². The van der Waals surface area contributed by atoms with Gasteiger partial charge in [0.15, 0.2) is 0 Å². The maximum atomic E-state index is 11.6. The van der Waals surface area contributed by atoms with E-state index in [4.69, 9.17) is 0 Å².